The molecule has 0 aliphatic carbocycles. The molecule has 0 heterocycles. The first kappa shape index (κ1) is 19.0. The Morgan fingerprint density at radius 3 is 2.48 bits per heavy atom. The van der Waals surface area contributed by atoms with Gasteiger partial charge >= 0.3 is 0 Å². The van der Waals surface area contributed by atoms with Gasteiger partial charge in [-0.15, -0.1) is 0 Å². The molecule has 0 saturated heterocycles. The average molecular weight is 368 g/mol. The van der Waals surface area contributed by atoms with Gasteiger partial charge in [-0.3, -0.25) is 4.79 Å². The van der Waals surface area contributed by atoms with Crippen molar-refractivity contribution < 1.29 is 22.0 Å². The fourth-order valence-corrected chi connectivity index (χ4v) is 3.11. The molecule has 0 saturated carbocycles. The lowest BCUT2D eigenvalue weighted by Gasteiger charge is -2.26. The van der Waals surface area contributed by atoms with E-state index >= 15 is 0 Å². The lowest BCUT2D eigenvalue weighted by atomic mass is 10.1. The first-order valence-corrected chi connectivity index (χ1v) is 8.91. The Kier molecular flexibility index (Phi) is 5.54. The zero-order valence-electron chi connectivity index (χ0n) is 14.0. The van der Waals surface area contributed by atoms with Gasteiger partial charge in [0.05, 0.1) is 10.9 Å². The van der Waals surface area contributed by atoms with E-state index in [1.54, 1.807) is 6.92 Å². The maximum atomic E-state index is 13.9. The highest BCUT2D eigenvalue weighted by Gasteiger charge is 2.23. The van der Waals surface area contributed by atoms with Crippen LogP contribution in [0.2, 0.25) is 0 Å². The quantitative estimate of drug-likeness (QED) is 0.882. The van der Waals surface area contributed by atoms with E-state index in [0.717, 1.165) is 18.2 Å². The molecule has 0 aliphatic rings. The van der Waals surface area contributed by atoms with Gasteiger partial charge in [-0.2, -0.15) is 0 Å². The molecule has 134 valence electrons. The molecule has 0 bridgehead atoms. The van der Waals surface area contributed by atoms with E-state index in [-0.39, 0.29) is 16.0 Å². The number of halogens is 2. The number of nitrogens with one attached hydrogen (secondary N) is 1. The van der Waals surface area contributed by atoms with Crippen LogP contribution in [0.1, 0.15) is 28.9 Å². The van der Waals surface area contributed by atoms with Gasteiger partial charge in [-0.05, 0) is 50.4 Å². The molecule has 2 aromatic carbocycles. The van der Waals surface area contributed by atoms with E-state index in [2.05, 4.69) is 4.72 Å². The number of carbonyl (C=O) groups excluding carboxylic acids is 1. The van der Waals surface area contributed by atoms with Crippen molar-refractivity contribution in [3.05, 3.63) is 65.2 Å². The Labute approximate surface area is 145 Å². The summed E-state index contributed by atoms with van der Waals surface area (Å²) in [5.74, 6) is -1.74. The van der Waals surface area contributed by atoms with Crippen LogP contribution in [-0.2, 0) is 10.0 Å². The van der Waals surface area contributed by atoms with Gasteiger partial charge in [0.15, 0.2) is 0 Å². The van der Waals surface area contributed by atoms with Crippen molar-refractivity contribution in [2.75, 3.05) is 14.1 Å². The minimum Gasteiger partial charge on any atom is -0.335 e. The SMILES string of the molecule is CNS(=O)(=O)c1cccc(C(=O)N(C)C(C)c2cc(F)ccc2F)c1. The van der Waals surface area contributed by atoms with E-state index in [1.165, 1.54) is 43.3 Å². The first-order valence-electron chi connectivity index (χ1n) is 7.43. The summed E-state index contributed by atoms with van der Waals surface area (Å²) < 4.78 is 53.2. The predicted molar refractivity (Wildman–Crippen MR) is 89.6 cm³/mol. The Morgan fingerprint density at radius 1 is 1.16 bits per heavy atom. The Hall–Kier alpha value is -2.32. The molecule has 1 atom stereocenters. The molecule has 8 heteroatoms. The van der Waals surface area contributed by atoms with Crippen LogP contribution < -0.4 is 4.72 Å². The molecule has 1 unspecified atom stereocenters. The van der Waals surface area contributed by atoms with E-state index in [9.17, 15) is 22.0 Å². The summed E-state index contributed by atoms with van der Waals surface area (Å²) >= 11 is 0. The highest BCUT2D eigenvalue weighted by Crippen LogP contribution is 2.24. The molecule has 1 amide bonds. The molecule has 0 fully saturated rings. The topological polar surface area (TPSA) is 66.5 Å². The summed E-state index contributed by atoms with van der Waals surface area (Å²) in [4.78, 5) is 13.8. The van der Waals surface area contributed by atoms with Crippen LogP contribution in [0, 0.1) is 11.6 Å². The first-order chi connectivity index (χ1) is 11.7. The standard InChI is InChI=1S/C17H18F2N2O3S/c1-11(15-10-13(18)7-8-16(15)19)21(3)17(22)12-5-4-6-14(9-12)25(23,24)20-2/h4-11,20H,1-3H3. The van der Waals surface area contributed by atoms with Gasteiger partial charge in [0.2, 0.25) is 10.0 Å². The maximum absolute atomic E-state index is 13.9. The second-order valence-electron chi connectivity index (χ2n) is 5.49. The maximum Gasteiger partial charge on any atom is 0.254 e. The highest BCUT2D eigenvalue weighted by molar-refractivity contribution is 7.89. The summed E-state index contributed by atoms with van der Waals surface area (Å²) in [7, 11) is -0.985. The molecular weight excluding hydrogens is 350 g/mol. The number of carbonyl (C=O) groups is 1. The lowest BCUT2D eigenvalue weighted by molar-refractivity contribution is 0.0740. The second-order valence-corrected chi connectivity index (χ2v) is 7.38. The number of hydrogen-bond acceptors (Lipinski definition) is 3. The van der Waals surface area contributed by atoms with Crippen LogP contribution >= 0.6 is 0 Å². The van der Waals surface area contributed by atoms with Gasteiger partial charge < -0.3 is 4.90 Å². The Balaban J connectivity index is 2.34. The van der Waals surface area contributed by atoms with Crippen molar-refractivity contribution >= 4 is 15.9 Å². The van der Waals surface area contributed by atoms with Crippen molar-refractivity contribution in [1.82, 2.24) is 9.62 Å². The number of sulfonamides is 1. The third kappa shape index (κ3) is 4.02. The largest absolute Gasteiger partial charge is 0.335 e. The molecular formula is C17H18F2N2O3S. The van der Waals surface area contributed by atoms with Crippen molar-refractivity contribution in [3.8, 4) is 0 Å². The number of rotatable bonds is 5. The minimum atomic E-state index is -3.69. The number of hydrogen-bond donors (Lipinski definition) is 1. The summed E-state index contributed by atoms with van der Waals surface area (Å²) in [6, 6.07) is 7.79. The monoisotopic (exact) mass is 368 g/mol. The van der Waals surface area contributed by atoms with Gasteiger partial charge in [0, 0.05) is 18.2 Å². The number of benzene rings is 2. The van der Waals surface area contributed by atoms with Gasteiger partial charge in [-0.1, -0.05) is 6.07 Å². The summed E-state index contributed by atoms with van der Waals surface area (Å²) in [5.41, 5.74) is 0.164. The van der Waals surface area contributed by atoms with Crippen LogP contribution in [0.4, 0.5) is 8.78 Å². The van der Waals surface area contributed by atoms with Crippen LogP contribution in [0.5, 0.6) is 0 Å². The summed E-state index contributed by atoms with van der Waals surface area (Å²) in [5, 5.41) is 0. The summed E-state index contributed by atoms with van der Waals surface area (Å²) in [6.07, 6.45) is 0. The van der Waals surface area contributed by atoms with Gasteiger partial charge in [0.25, 0.3) is 5.91 Å². The van der Waals surface area contributed by atoms with Crippen molar-refractivity contribution in [2.24, 2.45) is 0 Å². The average Bonchev–Trinajstić information content (AvgIpc) is 2.62. The fourth-order valence-electron chi connectivity index (χ4n) is 2.34. The molecule has 2 rings (SSSR count). The van der Waals surface area contributed by atoms with Crippen LogP contribution in [0.15, 0.2) is 47.4 Å². The molecule has 0 aromatic heterocycles. The van der Waals surface area contributed by atoms with E-state index in [0.29, 0.717) is 0 Å². The van der Waals surface area contributed by atoms with Gasteiger partial charge in [-0.25, -0.2) is 21.9 Å². The van der Waals surface area contributed by atoms with Crippen molar-refractivity contribution in [2.45, 2.75) is 17.9 Å². The molecule has 25 heavy (non-hydrogen) atoms. The molecule has 1 N–H and O–H groups in total. The predicted octanol–water partition coefficient (Wildman–Crippen LogP) is 2.71. The van der Waals surface area contributed by atoms with Crippen LogP contribution in [0.3, 0.4) is 0 Å². The fraction of sp³-hybridized carbons (Fsp3) is 0.235. The van der Waals surface area contributed by atoms with E-state index < -0.39 is 33.6 Å². The van der Waals surface area contributed by atoms with E-state index in [1.807, 2.05) is 0 Å². The normalized spacial score (nSPS) is 12.7. The number of nitrogens with zero attached hydrogens (tertiary/aromatic N) is 1. The smallest absolute Gasteiger partial charge is 0.254 e. The van der Waals surface area contributed by atoms with E-state index in [4.69, 9.17) is 0 Å². The number of amides is 1. The lowest BCUT2D eigenvalue weighted by Crippen LogP contribution is -2.30. The molecule has 0 aliphatic heterocycles. The zero-order chi connectivity index (χ0) is 18.8. The highest BCUT2D eigenvalue weighted by atomic mass is 32.2. The van der Waals surface area contributed by atoms with Gasteiger partial charge in [0.1, 0.15) is 11.6 Å². The Morgan fingerprint density at radius 2 is 1.84 bits per heavy atom. The molecule has 0 radical (unpaired) electrons. The van der Waals surface area contributed by atoms with Crippen LogP contribution in [-0.4, -0.2) is 33.3 Å². The third-order valence-corrected chi connectivity index (χ3v) is 5.38. The minimum absolute atomic E-state index is 0.0369. The zero-order valence-corrected chi connectivity index (χ0v) is 14.8. The third-order valence-electron chi connectivity index (χ3n) is 3.97. The van der Waals surface area contributed by atoms with Crippen molar-refractivity contribution in [1.29, 1.82) is 0 Å². The van der Waals surface area contributed by atoms with Crippen molar-refractivity contribution in [3.63, 3.8) is 0 Å². The van der Waals surface area contributed by atoms with Crippen LogP contribution in [0.25, 0.3) is 0 Å². The molecule has 2 aromatic rings. The Bertz CT molecular complexity index is 901. The molecule has 0 spiro atoms. The second kappa shape index (κ2) is 7.28. The summed E-state index contributed by atoms with van der Waals surface area (Å²) in [6.45, 7) is 1.56. The molecule has 5 nitrogen and oxygen atoms in total.